The fourth-order valence-electron chi connectivity index (χ4n) is 1.54. The van der Waals surface area contributed by atoms with Crippen molar-refractivity contribution in [1.82, 2.24) is 0 Å². The van der Waals surface area contributed by atoms with E-state index in [0.29, 0.717) is 17.9 Å². The van der Waals surface area contributed by atoms with E-state index < -0.39 is 10.1 Å². The van der Waals surface area contributed by atoms with Crippen molar-refractivity contribution in [3.05, 3.63) is 36.5 Å². The number of rotatable bonds is 3. The first-order valence-electron chi connectivity index (χ1n) is 5.09. The zero-order chi connectivity index (χ0) is 12.5. The number of hydrogen-bond donors (Lipinski definition) is 1. The number of aromatic nitrogens is 1. The van der Waals surface area contributed by atoms with Crippen LogP contribution in [0.2, 0.25) is 0 Å². The first kappa shape index (κ1) is 14.4. The highest BCUT2D eigenvalue weighted by Gasteiger charge is 2.20. The van der Waals surface area contributed by atoms with E-state index in [1.807, 2.05) is 6.92 Å². The van der Waals surface area contributed by atoms with Crippen LogP contribution >= 0.6 is 0 Å². The molecule has 1 aromatic heterocycles. The predicted octanol–water partition coefficient (Wildman–Crippen LogP) is 1.32. The van der Waals surface area contributed by atoms with E-state index in [9.17, 15) is 8.42 Å². The second-order valence-corrected chi connectivity index (χ2v) is 4.87. The van der Waals surface area contributed by atoms with Crippen LogP contribution in [0.1, 0.15) is 6.92 Å². The van der Waals surface area contributed by atoms with Crippen molar-refractivity contribution < 1.29 is 27.7 Å². The van der Waals surface area contributed by atoms with Crippen LogP contribution in [0.25, 0.3) is 11.3 Å². The number of aryl methyl sites for hydroxylation is 1. The lowest BCUT2D eigenvalue weighted by Crippen LogP contribution is -2.27. The molecule has 2 aromatic rings. The van der Waals surface area contributed by atoms with Gasteiger partial charge >= 0.3 is 0 Å². The molecule has 2 rings (SSSR count). The van der Waals surface area contributed by atoms with Crippen LogP contribution in [-0.2, 0) is 16.7 Å². The molecule has 2 N–H and O–H groups in total. The lowest BCUT2D eigenvalue weighted by molar-refractivity contribution is -0.860. The summed E-state index contributed by atoms with van der Waals surface area (Å²) < 4.78 is 38.5. The fourth-order valence-corrected chi connectivity index (χ4v) is 2.24. The van der Waals surface area contributed by atoms with Crippen LogP contribution in [0.15, 0.2) is 45.9 Å². The van der Waals surface area contributed by atoms with Crippen LogP contribution in [0.4, 0.5) is 0 Å². The lowest BCUT2D eigenvalue weighted by atomic mass is 10.2. The van der Waals surface area contributed by atoms with E-state index in [1.54, 1.807) is 35.2 Å². The van der Waals surface area contributed by atoms with E-state index in [4.69, 9.17) is 9.08 Å². The van der Waals surface area contributed by atoms with Gasteiger partial charge in [-0.3, -0.25) is 4.55 Å². The van der Waals surface area contributed by atoms with Gasteiger partial charge in [-0.15, -0.1) is 0 Å². The highest BCUT2D eigenvalue weighted by Crippen LogP contribution is 2.26. The molecule has 6 nitrogen and oxygen atoms in total. The summed E-state index contributed by atoms with van der Waals surface area (Å²) in [6, 6.07) is 7.81. The first-order chi connectivity index (χ1) is 8.02. The maximum Gasteiger partial charge on any atom is 0.295 e. The summed E-state index contributed by atoms with van der Waals surface area (Å²) in [5.74, 6) is 0.403. The fraction of sp³-hybridized carbons (Fsp3) is 0.182. The molecular formula is C11H13NO5S. The smallest absolute Gasteiger partial charge is 0.295 e. The van der Waals surface area contributed by atoms with E-state index in [0.717, 1.165) is 0 Å². The molecule has 7 heteroatoms. The minimum absolute atomic E-state index is 0. The van der Waals surface area contributed by atoms with E-state index in [1.165, 1.54) is 6.07 Å². The molecule has 0 aliphatic carbocycles. The Kier molecular flexibility index (Phi) is 4.23. The van der Waals surface area contributed by atoms with E-state index in [2.05, 4.69) is 0 Å². The zero-order valence-electron chi connectivity index (χ0n) is 9.65. The highest BCUT2D eigenvalue weighted by atomic mass is 32.2. The van der Waals surface area contributed by atoms with Gasteiger partial charge in [-0.05, 0) is 23.8 Å². The largest absolute Gasteiger partial charge is 0.870 e. The topological polar surface area (TPSA) is 101 Å². The third-order valence-corrected chi connectivity index (χ3v) is 3.26. The summed E-state index contributed by atoms with van der Waals surface area (Å²) >= 11 is 0. The quantitative estimate of drug-likeness (QED) is 0.670. The van der Waals surface area contributed by atoms with Crippen molar-refractivity contribution in [1.29, 1.82) is 0 Å². The monoisotopic (exact) mass is 271 g/mol. The molecule has 0 bridgehead atoms. The van der Waals surface area contributed by atoms with E-state index >= 15 is 0 Å². The molecule has 0 saturated carbocycles. The number of nitrogens with zero attached hydrogens (tertiary/aromatic N) is 1. The normalized spacial score (nSPS) is 11.0. The molecule has 0 aliphatic rings. The Labute approximate surface area is 105 Å². The molecule has 98 valence electrons. The number of benzene rings is 1. The Balaban J connectivity index is 0.00000162. The van der Waals surface area contributed by atoms with Crippen LogP contribution < -0.4 is 4.74 Å². The third-order valence-electron chi connectivity index (χ3n) is 2.35. The Bertz CT molecular complexity index is 632. The summed E-state index contributed by atoms with van der Waals surface area (Å²) in [6.45, 7) is 2.55. The van der Waals surface area contributed by atoms with Crippen molar-refractivity contribution in [2.24, 2.45) is 0 Å². The Morgan fingerprint density at radius 3 is 2.50 bits per heavy atom. The Morgan fingerprint density at radius 1 is 1.28 bits per heavy atom. The molecular weight excluding hydrogens is 258 g/mol. The minimum Gasteiger partial charge on any atom is -0.870 e. The van der Waals surface area contributed by atoms with Crippen LogP contribution in [0, 0.1) is 0 Å². The minimum atomic E-state index is -4.25. The van der Waals surface area contributed by atoms with Gasteiger partial charge in [0.05, 0.1) is 6.07 Å². The van der Waals surface area contributed by atoms with E-state index in [-0.39, 0.29) is 10.4 Å². The summed E-state index contributed by atoms with van der Waals surface area (Å²) in [5, 5.41) is 0. The molecule has 1 heterocycles. The van der Waals surface area contributed by atoms with Crippen LogP contribution in [-0.4, -0.2) is 18.4 Å². The van der Waals surface area contributed by atoms with Crippen molar-refractivity contribution in [3.8, 4) is 11.3 Å². The lowest BCUT2D eigenvalue weighted by Gasteiger charge is -2.01. The molecule has 1 aromatic carbocycles. The van der Waals surface area contributed by atoms with Crippen LogP contribution in [0.3, 0.4) is 0 Å². The maximum absolute atomic E-state index is 11.2. The van der Waals surface area contributed by atoms with Gasteiger partial charge in [-0.1, -0.05) is 12.1 Å². The second-order valence-electron chi connectivity index (χ2n) is 3.48. The molecule has 0 atom stereocenters. The molecule has 0 unspecified atom stereocenters. The average Bonchev–Trinajstić information content (AvgIpc) is 2.76. The number of hydrogen-bond acceptors (Lipinski definition) is 4. The van der Waals surface area contributed by atoms with Gasteiger partial charge in [0.1, 0.15) is 4.90 Å². The van der Waals surface area contributed by atoms with Gasteiger partial charge in [0.25, 0.3) is 10.1 Å². The van der Waals surface area contributed by atoms with Gasteiger partial charge in [-0.25, -0.2) is 4.52 Å². The molecule has 0 fully saturated rings. The maximum atomic E-state index is 11.2. The van der Waals surface area contributed by atoms with Gasteiger partial charge in [-0.2, -0.15) is 8.42 Å². The molecule has 0 saturated heterocycles. The molecule has 18 heavy (non-hydrogen) atoms. The summed E-state index contributed by atoms with van der Waals surface area (Å²) in [5.41, 5.74) is 0.349. The van der Waals surface area contributed by atoms with Gasteiger partial charge in [0.15, 0.2) is 6.54 Å². The van der Waals surface area contributed by atoms with Crippen molar-refractivity contribution in [3.63, 3.8) is 0 Å². The Hall–Kier alpha value is -1.70. The summed E-state index contributed by atoms with van der Waals surface area (Å²) in [6.07, 6.45) is 1.70. The summed E-state index contributed by atoms with van der Waals surface area (Å²) in [7, 11) is -4.25. The van der Waals surface area contributed by atoms with Gasteiger partial charge in [0, 0.05) is 5.56 Å². The SMILES string of the molecule is CC[n+]1ccc(-c2ccccc2S(=O)(=O)O)o1.[OH-]. The highest BCUT2D eigenvalue weighted by molar-refractivity contribution is 7.86. The Morgan fingerprint density at radius 2 is 1.94 bits per heavy atom. The van der Waals surface area contributed by atoms with Crippen molar-refractivity contribution >= 4 is 10.1 Å². The summed E-state index contributed by atoms with van der Waals surface area (Å²) in [4.78, 5) is -0.155. The molecule has 0 aliphatic heterocycles. The zero-order valence-corrected chi connectivity index (χ0v) is 10.5. The predicted molar refractivity (Wildman–Crippen MR) is 61.8 cm³/mol. The molecule has 0 spiro atoms. The standard InChI is InChI=1S/C11H11NO4S.H2O/c1-2-12-8-7-10(16-12)9-5-3-4-6-11(9)17(13,14)15;/h3-8H,2H2,1H3;1H2. The molecule has 0 radical (unpaired) electrons. The van der Waals surface area contributed by atoms with Crippen LogP contribution in [0.5, 0.6) is 0 Å². The average molecular weight is 271 g/mol. The third kappa shape index (κ3) is 2.76. The molecule has 0 amide bonds. The van der Waals surface area contributed by atoms with Crippen molar-refractivity contribution in [2.75, 3.05) is 0 Å². The van der Waals surface area contributed by atoms with Gasteiger partial charge < -0.3 is 5.48 Å². The van der Waals surface area contributed by atoms with Gasteiger partial charge in [0.2, 0.25) is 12.0 Å². The first-order valence-corrected chi connectivity index (χ1v) is 6.53. The second kappa shape index (κ2) is 5.30. The van der Waals surface area contributed by atoms with Crippen molar-refractivity contribution in [2.45, 2.75) is 18.4 Å².